The number of nitrogens with zero attached hydrogens (tertiary/aromatic N) is 1. The highest BCUT2D eigenvalue weighted by Gasteiger charge is 2.21. The molecule has 0 saturated carbocycles. The Kier molecular flexibility index (Phi) is 6.62. The monoisotopic (exact) mass is 383 g/mol. The Balaban J connectivity index is 2.22. The minimum absolute atomic E-state index is 0.0721. The number of halogens is 3. The van der Waals surface area contributed by atoms with Crippen LogP contribution in [0.1, 0.15) is 15.9 Å². The van der Waals surface area contributed by atoms with Gasteiger partial charge in [0.05, 0.1) is 11.2 Å². The van der Waals surface area contributed by atoms with E-state index in [-0.39, 0.29) is 16.2 Å². The second kappa shape index (κ2) is 8.91. The van der Waals surface area contributed by atoms with Crippen LogP contribution < -0.4 is 0 Å². The molecule has 9 heteroatoms. The SMILES string of the molecule is O=C(OCC(=COC(F)F)c1ccccc1Cl)c1ccccc1[N+](=O)[O-]. The number of rotatable bonds is 7. The molecule has 0 spiro atoms. The molecule has 0 radical (unpaired) electrons. The van der Waals surface area contributed by atoms with Gasteiger partial charge in [0, 0.05) is 22.2 Å². The lowest BCUT2D eigenvalue weighted by molar-refractivity contribution is -0.385. The number of benzene rings is 2. The van der Waals surface area contributed by atoms with Crippen molar-refractivity contribution in [1.82, 2.24) is 0 Å². The zero-order valence-electron chi connectivity index (χ0n) is 13.1. The molecular formula is C17H12ClF2NO5. The topological polar surface area (TPSA) is 78.7 Å². The van der Waals surface area contributed by atoms with Gasteiger partial charge in [-0.15, -0.1) is 0 Å². The Morgan fingerprint density at radius 2 is 1.77 bits per heavy atom. The third-order valence-electron chi connectivity index (χ3n) is 3.21. The predicted molar refractivity (Wildman–Crippen MR) is 89.9 cm³/mol. The summed E-state index contributed by atoms with van der Waals surface area (Å²) in [6.45, 7) is -3.54. The van der Waals surface area contributed by atoms with Gasteiger partial charge in [-0.2, -0.15) is 8.78 Å². The molecule has 0 aliphatic heterocycles. The average molecular weight is 384 g/mol. The van der Waals surface area contributed by atoms with Crippen molar-refractivity contribution in [2.24, 2.45) is 0 Å². The number of carbonyl (C=O) groups is 1. The largest absolute Gasteiger partial charge is 0.457 e. The van der Waals surface area contributed by atoms with Crippen molar-refractivity contribution >= 4 is 28.8 Å². The van der Waals surface area contributed by atoms with E-state index in [1.54, 1.807) is 12.1 Å². The number of hydrogen-bond acceptors (Lipinski definition) is 5. The normalized spacial score (nSPS) is 11.3. The number of ether oxygens (including phenoxy) is 2. The van der Waals surface area contributed by atoms with Crippen molar-refractivity contribution in [3.63, 3.8) is 0 Å². The van der Waals surface area contributed by atoms with E-state index < -0.39 is 29.8 Å². The van der Waals surface area contributed by atoms with Crippen LogP contribution in [0.15, 0.2) is 54.8 Å². The molecule has 6 nitrogen and oxygen atoms in total. The predicted octanol–water partition coefficient (Wildman–Crippen LogP) is 4.69. The van der Waals surface area contributed by atoms with Gasteiger partial charge in [0.25, 0.3) is 5.69 Å². The van der Waals surface area contributed by atoms with Gasteiger partial charge in [0.2, 0.25) is 0 Å². The van der Waals surface area contributed by atoms with Gasteiger partial charge < -0.3 is 9.47 Å². The van der Waals surface area contributed by atoms with Crippen molar-refractivity contribution in [3.8, 4) is 0 Å². The van der Waals surface area contributed by atoms with E-state index in [9.17, 15) is 23.7 Å². The van der Waals surface area contributed by atoms with Crippen LogP contribution in [0.4, 0.5) is 14.5 Å². The fraction of sp³-hybridized carbons (Fsp3) is 0.118. The summed E-state index contributed by atoms with van der Waals surface area (Å²) in [5.74, 6) is -0.979. The van der Waals surface area contributed by atoms with Crippen molar-refractivity contribution in [3.05, 3.63) is 81.1 Å². The van der Waals surface area contributed by atoms with E-state index in [4.69, 9.17) is 16.3 Å². The summed E-state index contributed by atoms with van der Waals surface area (Å²) in [6.07, 6.45) is 0.735. The molecule has 0 N–H and O–H groups in total. The van der Waals surface area contributed by atoms with Crippen molar-refractivity contribution in [2.75, 3.05) is 6.61 Å². The number of carbonyl (C=O) groups excluding carboxylic acids is 1. The number of hydrogen-bond donors (Lipinski definition) is 0. The lowest BCUT2D eigenvalue weighted by atomic mass is 10.1. The molecule has 0 aliphatic rings. The first kappa shape index (κ1) is 19.3. The van der Waals surface area contributed by atoms with Crippen LogP contribution in [0.2, 0.25) is 5.02 Å². The summed E-state index contributed by atoms with van der Waals surface area (Å²) >= 11 is 6.02. The smallest absolute Gasteiger partial charge is 0.386 e. The van der Waals surface area contributed by atoms with E-state index in [0.29, 0.717) is 5.56 Å². The van der Waals surface area contributed by atoms with Crippen LogP contribution in [0.5, 0.6) is 0 Å². The van der Waals surface area contributed by atoms with Crippen LogP contribution in [0.25, 0.3) is 5.57 Å². The highest BCUT2D eigenvalue weighted by Crippen LogP contribution is 2.25. The molecule has 0 bridgehead atoms. The molecule has 0 aliphatic carbocycles. The van der Waals surface area contributed by atoms with E-state index in [2.05, 4.69) is 4.74 Å². The average Bonchev–Trinajstić information content (AvgIpc) is 2.62. The third kappa shape index (κ3) is 5.00. The quantitative estimate of drug-likeness (QED) is 0.300. The highest BCUT2D eigenvalue weighted by atomic mass is 35.5. The van der Waals surface area contributed by atoms with Gasteiger partial charge in [0.15, 0.2) is 0 Å². The molecule has 136 valence electrons. The van der Waals surface area contributed by atoms with E-state index >= 15 is 0 Å². The van der Waals surface area contributed by atoms with Crippen LogP contribution in [0, 0.1) is 10.1 Å². The van der Waals surface area contributed by atoms with E-state index in [0.717, 1.165) is 12.3 Å². The van der Waals surface area contributed by atoms with Crippen LogP contribution in [-0.2, 0) is 9.47 Å². The summed E-state index contributed by atoms with van der Waals surface area (Å²) < 4.78 is 33.9. The first-order chi connectivity index (χ1) is 12.4. The third-order valence-corrected chi connectivity index (χ3v) is 3.54. The molecule has 0 amide bonds. The van der Waals surface area contributed by atoms with E-state index in [1.165, 1.54) is 30.3 Å². The highest BCUT2D eigenvalue weighted by molar-refractivity contribution is 6.32. The molecule has 0 heterocycles. The summed E-state index contributed by atoms with van der Waals surface area (Å²) in [4.78, 5) is 22.4. The molecular weight excluding hydrogens is 372 g/mol. The Morgan fingerprint density at radius 3 is 2.38 bits per heavy atom. The minimum Gasteiger partial charge on any atom is -0.457 e. The van der Waals surface area contributed by atoms with Gasteiger partial charge in [-0.05, 0) is 12.1 Å². The first-order valence-corrected chi connectivity index (χ1v) is 7.56. The lowest BCUT2D eigenvalue weighted by Crippen LogP contribution is -2.10. The maximum absolute atomic E-state index is 12.3. The molecule has 0 unspecified atom stereocenters. The molecule has 2 aromatic carbocycles. The Morgan fingerprint density at radius 1 is 1.15 bits per heavy atom. The number of esters is 1. The Labute approximate surface area is 151 Å². The van der Waals surface area contributed by atoms with Gasteiger partial charge >= 0.3 is 12.6 Å². The fourth-order valence-corrected chi connectivity index (χ4v) is 2.31. The summed E-state index contributed by atoms with van der Waals surface area (Å²) in [5.41, 5.74) is -0.289. The zero-order valence-corrected chi connectivity index (χ0v) is 13.9. The molecule has 0 saturated heterocycles. The molecule has 2 rings (SSSR count). The molecule has 0 fully saturated rings. The van der Waals surface area contributed by atoms with Crippen molar-refractivity contribution < 1.29 is 28.0 Å². The molecule has 0 atom stereocenters. The van der Waals surface area contributed by atoms with Crippen molar-refractivity contribution in [2.45, 2.75) is 6.61 Å². The Hall–Kier alpha value is -3.00. The first-order valence-electron chi connectivity index (χ1n) is 7.18. The van der Waals surface area contributed by atoms with Gasteiger partial charge in [-0.3, -0.25) is 10.1 Å². The zero-order chi connectivity index (χ0) is 19.1. The number of alkyl halides is 2. The maximum atomic E-state index is 12.3. The summed E-state index contributed by atoms with van der Waals surface area (Å²) in [5, 5.41) is 11.2. The second-order valence-electron chi connectivity index (χ2n) is 4.87. The lowest BCUT2D eigenvalue weighted by Gasteiger charge is -2.11. The van der Waals surface area contributed by atoms with Crippen molar-refractivity contribution in [1.29, 1.82) is 0 Å². The summed E-state index contributed by atoms with van der Waals surface area (Å²) in [7, 11) is 0. The molecule has 0 aromatic heterocycles. The number of para-hydroxylation sites is 1. The summed E-state index contributed by atoms with van der Waals surface area (Å²) in [6, 6.07) is 11.5. The van der Waals surface area contributed by atoms with E-state index in [1.807, 2.05) is 0 Å². The minimum atomic E-state index is -3.07. The van der Waals surface area contributed by atoms with Crippen LogP contribution >= 0.6 is 11.6 Å². The van der Waals surface area contributed by atoms with Gasteiger partial charge in [0.1, 0.15) is 12.2 Å². The maximum Gasteiger partial charge on any atom is 0.386 e. The molecule has 26 heavy (non-hydrogen) atoms. The standard InChI is InChI=1S/C17H12ClF2NO5/c18-14-7-3-1-5-12(14)11(10-26-17(19)20)9-25-16(22)13-6-2-4-8-15(13)21(23)24/h1-8,10,17H,9H2. The van der Waals surface area contributed by atoms with Crippen LogP contribution in [0.3, 0.4) is 0 Å². The van der Waals surface area contributed by atoms with Crippen LogP contribution in [-0.4, -0.2) is 24.1 Å². The van der Waals surface area contributed by atoms with Gasteiger partial charge in [-0.1, -0.05) is 41.9 Å². The Bertz CT molecular complexity index is 841. The van der Waals surface area contributed by atoms with Gasteiger partial charge in [-0.25, -0.2) is 4.79 Å². The fourth-order valence-electron chi connectivity index (χ4n) is 2.06. The number of nitro benzene ring substituents is 1. The number of nitro groups is 1. The molecule has 2 aromatic rings. The second-order valence-corrected chi connectivity index (χ2v) is 5.28.